The molecule has 2 heterocycles. The van der Waals surface area contributed by atoms with Crippen LogP contribution in [0, 0.1) is 12.8 Å². The zero-order valence-corrected chi connectivity index (χ0v) is 14.3. The summed E-state index contributed by atoms with van der Waals surface area (Å²) in [5, 5.41) is 17.5. The fraction of sp³-hybridized carbons (Fsp3) is 0.421. The Labute approximate surface area is 143 Å². The Morgan fingerprint density at radius 3 is 2.79 bits per heavy atom. The number of hydrogen-bond acceptors (Lipinski definition) is 4. The van der Waals surface area contributed by atoms with Gasteiger partial charge < -0.3 is 9.84 Å². The molecule has 1 aromatic heterocycles. The first-order chi connectivity index (χ1) is 11.6. The van der Waals surface area contributed by atoms with Crippen LogP contribution >= 0.6 is 0 Å². The molecule has 0 bridgehead atoms. The molecule has 0 unspecified atom stereocenters. The molecule has 2 aromatic rings. The smallest absolute Gasteiger partial charge is 0.118 e. The summed E-state index contributed by atoms with van der Waals surface area (Å²) in [7, 11) is 1.67. The number of aromatic nitrogens is 2. The third-order valence-electron chi connectivity index (χ3n) is 4.50. The molecule has 5 nitrogen and oxygen atoms in total. The summed E-state index contributed by atoms with van der Waals surface area (Å²) in [4.78, 5) is 2.29. The highest BCUT2D eigenvalue weighted by Crippen LogP contribution is 2.21. The van der Waals surface area contributed by atoms with E-state index in [9.17, 15) is 5.11 Å². The van der Waals surface area contributed by atoms with E-state index in [1.807, 2.05) is 31.2 Å². The molecule has 3 rings (SSSR count). The molecule has 2 atom stereocenters. The van der Waals surface area contributed by atoms with Gasteiger partial charge in [0.05, 0.1) is 18.9 Å². The highest BCUT2D eigenvalue weighted by atomic mass is 16.5. The highest BCUT2D eigenvalue weighted by molar-refractivity contribution is 5.50. The Balaban J connectivity index is 1.50. The van der Waals surface area contributed by atoms with Crippen molar-refractivity contribution in [1.29, 1.82) is 0 Å². The van der Waals surface area contributed by atoms with E-state index in [0.717, 1.165) is 48.8 Å². The quantitative estimate of drug-likeness (QED) is 0.854. The van der Waals surface area contributed by atoms with Crippen LogP contribution in [0.3, 0.4) is 0 Å². The summed E-state index contributed by atoms with van der Waals surface area (Å²) in [6, 6.07) is 10.1. The van der Waals surface area contributed by atoms with Crippen LogP contribution < -0.4 is 4.74 Å². The van der Waals surface area contributed by atoms with Gasteiger partial charge in [-0.15, -0.1) is 0 Å². The standard InChI is InChI=1S/C19H25N3O2/c1-14-10-17(21-20-14)11-16-12-22(13-19(16)23)9-3-4-15-5-7-18(24-2)8-6-15/h3-8,10,16,19,23H,9,11-13H2,1-2H3,(H,20,21)/b4-3+/t16-,19-/m1/s1. The molecule has 1 aromatic carbocycles. The Bertz CT molecular complexity index is 678. The number of nitrogens with zero attached hydrogens (tertiary/aromatic N) is 2. The molecule has 0 aliphatic carbocycles. The highest BCUT2D eigenvalue weighted by Gasteiger charge is 2.31. The molecule has 1 aliphatic heterocycles. The molecule has 0 amide bonds. The second-order valence-corrected chi connectivity index (χ2v) is 6.47. The molecule has 0 saturated carbocycles. The third kappa shape index (κ3) is 4.24. The number of hydrogen-bond donors (Lipinski definition) is 2. The molecule has 1 aliphatic rings. The van der Waals surface area contributed by atoms with Gasteiger partial charge in [0, 0.05) is 31.2 Å². The number of H-pyrrole nitrogens is 1. The molecule has 1 saturated heterocycles. The third-order valence-corrected chi connectivity index (χ3v) is 4.50. The zero-order chi connectivity index (χ0) is 16.9. The van der Waals surface area contributed by atoms with Gasteiger partial charge in [0.25, 0.3) is 0 Å². The van der Waals surface area contributed by atoms with Crippen LogP contribution in [0.2, 0.25) is 0 Å². The fourth-order valence-electron chi connectivity index (χ4n) is 3.19. The van der Waals surface area contributed by atoms with Gasteiger partial charge in [0.15, 0.2) is 0 Å². The predicted molar refractivity (Wildman–Crippen MR) is 95.0 cm³/mol. The lowest BCUT2D eigenvalue weighted by Gasteiger charge is -2.12. The SMILES string of the molecule is COc1ccc(/C=C/CN2C[C@@H](Cc3cc(C)[nH]n3)[C@H](O)C2)cc1. The maximum Gasteiger partial charge on any atom is 0.118 e. The van der Waals surface area contributed by atoms with Gasteiger partial charge in [0.1, 0.15) is 5.75 Å². The van der Waals surface area contributed by atoms with Crippen LogP contribution in [0.5, 0.6) is 5.75 Å². The number of aliphatic hydroxyl groups is 1. The first-order valence-corrected chi connectivity index (χ1v) is 8.36. The normalized spacial score (nSPS) is 21.6. The lowest BCUT2D eigenvalue weighted by atomic mass is 10.0. The van der Waals surface area contributed by atoms with Crippen molar-refractivity contribution in [2.45, 2.75) is 19.4 Å². The number of methoxy groups -OCH3 is 1. The lowest BCUT2D eigenvalue weighted by Crippen LogP contribution is -2.21. The minimum absolute atomic E-state index is 0.252. The van der Waals surface area contributed by atoms with Gasteiger partial charge in [-0.1, -0.05) is 24.3 Å². The van der Waals surface area contributed by atoms with Crippen molar-refractivity contribution in [3.63, 3.8) is 0 Å². The molecule has 0 spiro atoms. The Morgan fingerprint density at radius 2 is 2.12 bits per heavy atom. The van der Waals surface area contributed by atoms with Gasteiger partial charge in [-0.3, -0.25) is 10.00 Å². The maximum absolute atomic E-state index is 10.3. The first-order valence-electron chi connectivity index (χ1n) is 8.36. The van der Waals surface area contributed by atoms with Crippen molar-refractivity contribution >= 4 is 6.08 Å². The number of benzene rings is 1. The van der Waals surface area contributed by atoms with E-state index in [2.05, 4.69) is 33.3 Å². The zero-order valence-electron chi connectivity index (χ0n) is 14.3. The van der Waals surface area contributed by atoms with Crippen LogP contribution in [0.25, 0.3) is 6.08 Å². The van der Waals surface area contributed by atoms with Crippen LogP contribution in [0.1, 0.15) is 17.0 Å². The van der Waals surface area contributed by atoms with Crippen molar-refractivity contribution in [3.05, 3.63) is 53.4 Å². The van der Waals surface area contributed by atoms with Gasteiger partial charge >= 0.3 is 0 Å². The molecule has 1 fully saturated rings. The van der Waals surface area contributed by atoms with Crippen LogP contribution in [0.4, 0.5) is 0 Å². The van der Waals surface area contributed by atoms with Gasteiger partial charge in [0.2, 0.25) is 0 Å². The molecule has 128 valence electrons. The maximum atomic E-state index is 10.3. The Morgan fingerprint density at radius 1 is 1.33 bits per heavy atom. The van der Waals surface area contributed by atoms with Crippen LogP contribution in [0.15, 0.2) is 36.4 Å². The number of ether oxygens (including phenoxy) is 1. The summed E-state index contributed by atoms with van der Waals surface area (Å²) in [6.07, 6.45) is 4.80. The van der Waals surface area contributed by atoms with E-state index in [1.54, 1.807) is 7.11 Å². The number of aryl methyl sites for hydroxylation is 1. The van der Waals surface area contributed by atoms with E-state index in [1.165, 1.54) is 0 Å². The van der Waals surface area contributed by atoms with Crippen molar-refractivity contribution in [2.24, 2.45) is 5.92 Å². The number of nitrogens with one attached hydrogen (secondary N) is 1. The predicted octanol–water partition coefficient (Wildman–Crippen LogP) is 2.28. The summed E-state index contributed by atoms with van der Waals surface area (Å²) in [5.74, 6) is 1.12. The molecular formula is C19H25N3O2. The Hall–Kier alpha value is -2.11. The second kappa shape index (κ2) is 7.64. The summed E-state index contributed by atoms with van der Waals surface area (Å²) < 4.78 is 5.16. The first kappa shape index (κ1) is 16.7. The van der Waals surface area contributed by atoms with E-state index in [4.69, 9.17) is 4.74 Å². The van der Waals surface area contributed by atoms with Gasteiger partial charge in [-0.2, -0.15) is 5.10 Å². The molecular weight excluding hydrogens is 302 g/mol. The lowest BCUT2D eigenvalue weighted by molar-refractivity contribution is 0.142. The summed E-state index contributed by atoms with van der Waals surface area (Å²) in [6.45, 7) is 4.47. The minimum atomic E-state index is -0.281. The van der Waals surface area contributed by atoms with Gasteiger partial charge in [-0.05, 0) is 37.1 Å². The van der Waals surface area contributed by atoms with Crippen molar-refractivity contribution < 1.29 is 9.84 Å². The molecule has 24 heavy (non-hydrogen) atoms. The number of rotatable bonds is 6. The Kier molecular flexibility index (Phi) is 5.33. The van der Waals surface area contributed by atoms with E-state index in [-0.39, 0.29) is 12.0 Å². The summed E-state index contributed by atoms with van der Waals surface area (Å²) in [5.41, 5.74) is 3.25. The van der Waals surface area contributed by atoms with Crippen LogP contribution in [-0.4, -0.2) is 53.1 Å². The second-order valence-electron chi connectivity index (χ2n) is 6.47. The largest absolute Gasteiger partial charge is 0.497 e. The molecule has 0 radical (unpaired) electrons. The van der Waals surface area contributed by atoms with Crippen molar-refractivity contribution in [2.75, 3.05) is 26.7 Å². The number of aliphatic hydroxyl groups excluding tert-OH is 1. The van der Waals surface area contributed by atoms with E-state index in [0.29, 0.717) is 0 Å². The number of β-amino-alcohol motifs (C(OH)–C–C–N with tert-alkyl or cyclic N) is 1. The molecule has 5 heteroatoms. The number of likely N-dealkylation sites (tertiary alicyclic amines) is 1. The van der Waals surface area contributed by atoms with Gasteiger partial charge in [-0.25, -0.2) is 0 Å². The number of aromatic amines is 1. The summed E-state index contributed by atoms with van der Waals surface area (Å²) >= 11 is 0. The topological polar surface area (TPSA) is 61.4 Å². The van der Waals surface area contributed by atoms with Crippen LogP contribution in [-0.2, 0) is 6.42 Å². The average molecular weight is 327 g/mol. The van der Waals surface area contributed by atoms with Crippen molar-refractivity contribution in [3.8, 4) is 5.75 Å². The monoisotopic (exact) mass is 327 g/mol. The average Bonchev–Trinajstić information content (AvgIpc) is 3.14. The minimum Gasteiger partial charge on any atom is -0.497 e. The van der Waals surface area contributed by atoms with Crippen molar-refractivity contribution in [1.82, 2.24) is 15.1 Å². The molecule has 2 N–H and O–H groups in total. The van der Waals surface area contributed by atoms with E-state index < -0.39 is 0 Å². The van der Waals surface area contributed by atoms with E-state index >= 15 is 0 Å². The fourth-order valence-corrected chi connectivity index (χ4v) is 3.19.